The predicted molar refractivity (Wildman–Crippen MR) is 65.8 cm³/mol. The number of aliphatic hydroxyl groups excluding tert-OH is 2. The van der Waals surface area contributed by atoms with Gasteiger partial charge >= 0.3 is 0 Å². The molecule has 17 heavy (non-hydrogen) atoms. The molecule has 2 atom stereocenters. The van der Waals surface area contributed by atoms with Gasteiger partial charge in [-0.3, -0.25) is 4.79 Å². The summed E-state index contributed by atoms with van der Waals surface area (Å²) in [5.74, 6) is -0.0632. The molecule has 0 aromatic heterocycles. The molecule has 0 saturated carbocycles. The van der Waals surface area contributed by atoms with Gasteiger partial charge in [-0.15, -0.1) is 0 Å². The molecule has 4 nitrogen and oxygen atoms in total. The number of hydrogen-bond acceptors (Lipinski definition) is 4. The van der Waals surface area contributed by atoms with Gasteiger partial charge in [-0.05, 0) is 44.0 Å². The van der Waals surface area contributed by atoms with Crippen molar-refractivity contribution in [2.75, 3.05) is 6.54 Å². The zero-order chi connectivity index (χ0) is 13.0. The molecule has 2 unspecified atom stereocenters. The number of carbonyl (C=O) groups excluding carboxylic acids is 1. The second kappa shape index (κ2) is 5.91. The van der Waals surface area contributed by atoms with E-state index in [2.05, 4.69) is 0 Å². The summed E-state index contributed by atoms with van der Waals surface area (Å²) in [7, 11) is 0. The van der Waals surface area contributed by atoms with Crippen LogP contribution in [0.3, 0.4) is 0 Å². The van der Waals surface area contributed by atoms with Crippen LogP contribution in [0.2, 0.25) is 0 Å². The minimum absolute atomic E-state index is 0.0632. The van der Waals surface area contributed by atoms with Gasteiger partial charge < -0.3 is 15.9 Å². The molecule has 0 saturated heterocycles. The van der Waals surface area contributed by atoms with Crippen molar-refractivity contribution >= 4 is 5.78 Å². The van der Waals surface area contributed by atoms with Crippen molar-refractivity contribution in [1.29, 1.82) is 0 Å². The van der Waals surface area contributed by atoms with E-state index in [0.29, 0.717) is 24.1 Å². The van der Waals surface area contributed by atoms with E-state index in [-0.39, 0.29) is 5.78 Å². The first-order valence-electron chi connectivity index (χ1n) is 5.65. The number of nitrogens with two attached hydrogens (primary N) is 1. The van der Waals surface area contributed by atoms with E-state index in [0.717, 1.165) is 5.56 Å². The van der Waals surface area contributed by atoms with Crippen LogP contribution in [0.5, 0.6) is 0 Å². The lowest BCUT2D eigenvalue weighted by Crippen LogP contribution is -2.22. The van der Waals surface area contributed by atoms with Crippen molar-refractivity contribution in [3.8, 4) is 0 Å². The van der Waals surface area contributed by atoms with Crippen LogP contribution in [-0.4, -0.2) is 28.6 Å². The second-order valence-electron chi connectivity index (χ2n) is 4.22. The Hall–Kier alpha value is -1.23. The predicted octanol–water partition coefficient (Wildman–Crippen LogP) is 0.941. The zero-order valence-electron chi connectivity index (χ0n) is 10.2. The maximum absolute atomic E-state index is 11.3. The summed E-state index contributed by atoms with van der Waals surface area (Å²) in [5.41, 5.74) is 7.30. The SMILES string of the molecule is CC(=O)c1ccc(C)c(C(O)C(O)CCN)c1. The summed E-state index contributed by atoms with van der Waals surface area (Å²) in [4.78, 5) is 11.3. The minimum atomic E-state index is -1.00. The van der Waals surface area contributed by atoms with Crippen molar-refractivity contribution < 1.29 is 15.0 Å². The van der Waals surface area contributed by atoms with Crippen LogP contribution in [0.4, 0.5) is 0 Å². The monoisotopic (exact) mass is 237 g/mol. The third-order valence-electron chi connectivity index (χ3n) is 2.83. The molecule has 0 bridgehead atoms. The van der Waals surface area contributed by atoms with E-state index >= 15 is 0 Å². The highest BCUT2D eigenvalue weighted by Crippen LogP contribution is 2.23. The minimum Gasteiger partial charge on any atom is -0.390 e. The van der Waals surface area contributed by atoms with Gasteiger partial charge in [-0.1, -0.05) is 12.1 Å². The quantitative estimate of drug-likeness (QED) is 0.665. The van der Waals surface area contributed by atoms with Crippen LogP contribution in [-0.2, 0) is 0 Å². The first kappa shape index (κ1) is 13.8. The maximum atomic E-state index is 11.3. The van der Waals surface area contributed by atoms with E-state index in [1.54, 1.807) is 18.2 Å². The summed E-state index contributed by atoms with van der Waals surface area (Å²) >= 11 is 0. The van der Waals surface area contributed by atoms with Gasteiger partial charge in [0.05, 0.1) is 6.10 Å². The average molecular weight is 237 g/mol. The molecule has 94 valence electrons. The van der Waals surface area contributed by atoms with Crippen LogP contribution in [0.15, 0.2) is 18.2 Å². The van der Waals surface area contributed by atoms with Crippen LogP contribution in [0, 0.1) is 6.92 Å². The lowest BCUT2D eigenvalue weighted by Gasteiger charge is -2.19. The largest absolute Gasteiger partial charge is 0.390 e. The molecule has 0 heterocycles. The molecule has 0 fully saturated rings. The van der Waals surface area contributed by atoms with Crippen molar-refractivity contribution in [3.05, 3.63) is 34.9 Å². The normalized spacial score (nSPS) is 14.4. The molecule has 0 aliphatic heterocycles. The molecule has 0 radical (unpaired) electrons. The fourth-order valence-electron chi connectivity index (χ4n) is 1.71. The number of benzene rings is 1. The van der Waals surface area contributed by atoms with Crippen LogP contribution in [0.25, 0.3) is 0 Å². The van der Waals surface area contributed by atoms with E-state index in [1.165, 1.54) is 6.92 Å². The maximum Gasteiger partial charge on any atom is 0.159 e. The smallest absolute Gasteiger partial charge is 0.159 e. The van der Waals surface area contributed by atoms with Gasteiger partial charge in [0, 0.05) is 5.56 Å². The topological polar surface area (TPSA) is 83.5 Å². The Morgan fingerprint density at radius 1 is 1.41 bits per heavy atom. The van der Waals surface area contributed by atoms with Crippen molar-refractivity contribution in [3.63, 3.8) is 0 Å². The lowest BCUT2D eigenvalue weighted by atomic mass is 9.95. The van der Waals surface area contributed by atoms with E-state index in [4.69, 9.17) is 5.73 Å². The Morgan fingerprint density at radius 3 is 2.59 bits per heavy atom. The summed E-state index contributed by atoms with van der Waals surface area (Å²) in [6.45, 7) is 3.61. The Morgan fingerprint density at radius 2 is 2.06 bits per heavy atom. The first-order chi connectivity index (χ1) is 7.97. The number of aryl methyl sites for hydroxylation is 1. The third kappa shape index (κ3) is 3.36. The molecule has 0 spiro atoms. The fourth-order valence-corrected chi connectivity index (χ4v) is 1.71. The van der Waals surface area contributed by atoms with Crippen molar-refractivity contribution in [2.24, 2.45) is 5.73 Å². The molecule has 0 aliphatic carbocycles. The van der Waals surface area contributed by atoms with Gasteiger partial charge in [0.15, 0.2) is 5.78 Å². The molecular formula is C13H19NO3. The molecule has 0 amide bonds. The van der Waals surface area contributed by atoms with E-state index in [1.807, 2.05) is 6.92 Å². The van der Waals surface area contributed by atoms with Crippen molar-refractivity contribution in [2.45, 2.75) is 32.5 Å². The number of rotatable bonds is 5. The summed E-state index contributed by atoms with van der Waals surface area (Å²) in [6, 6.07) is 5.11. The van der Waals surface area contributed by atoms with Gasteiger partial charge in [0.1, 0.15) is 6.10 Å². The second-order valence-corrected chi connectivity index (χ2v) is 4.22. The highest BCUT2D eigenvalue weighted by molar-refractivity contribution is 5.94. The fraction of sp³-hybridized carbons (Fsp3) is 0.462. The number of carbonyl (C=O) groups is 1. The van der Waals surface area contributed by atoms with Crippen LogP contribution >= 0.6 is 0 Å². The van der Waals surface area contributed by atoms with Crippen LogP contribution in [0.1, 0.15) is 40.9 Å². The van der Waals surface area contributed by atoms with Gasteiger partial charge in [-0.2, -0.15) is 0 Å². The number of hydrogen-bond donors (Lipinski definition) is 3. The molecule has 4 N–H and O–H groups in total. The number of Topliss-reactive ketones (excluding diaryl/α,β-unsaturated/α-hetero) is 1. The van der Waals surface area contributed by atoms with Gasteiger partial charge in [0.2, 0.25) is 0 Å². The first-order valence-corrected chi connectivity index (χ1v) is 5.65. The molecule has 1 aromatic rings. The highest BCUT2D eigenvalue weighted by Gasteiger charge is 2.20. The highest BCUT2D eigenvalue weighted by atomic mass is 16.3. The number of ketones is 1. The Bertz CT molecular complexity index is 404. The van der Waals surface area contributed by atoms with Gasteiger partial charge in [0.25, 0.3) is 0 Å². The molecule has 0 aliphatic rings. The number of aliphatic hydroxyl groups is 2. The Kier molecular flexibility index (Phi) is 4.81. The zero-order valence-corrected chi connectivity index (χ0v) is 10.2. The van der Waals surface area contributed by atoms with Crippen molar-refractivity contribution in [1.82, 2.24) is 0 Å². The molecular weight excluding hydrogens is 218 g/mol. The molecule has 1 rings (SSSR count). The van der Waals surface area contributed by atoms with Crippen LogP contribution < -0.4 is 5.73 Å². The standard InChI is InChI=1S/C13H19NO3/c1-8-3-4-10(9(2)15)7-11(8)13(17)12(16)5-6-14/h3-4,7,12-13,16-17H,5-6,14H2,1-2H3. The third-order valence-corrected chi connectivity index (χ3v) is 2.83. The molecule has 1 aromatic carbocycles. The average Bonchev–Trinajstić information content (AvgIpc) is 2.28. The Labute approximate surface area is 101 Å². The molecule has 4 heteroatoms. The van der Waals surface area contributed by atoms with E-state index in [9.17, 15) is 15.0 Å². The summed E-state index contributed by atoms with van der Waals surface area (Å²) < 4.78 is 0. The van der Waals surface area contributed by atoms with Gasteiger partial charge in [-0.25, -0.2) is 0 Å². The summed E-state index contributed by atoms with van der Waals surface area (Å²) in [6.07, 6.45) is -1.58. The lowest BCUT2D eigenvalue weighted by molar-refractivity contribution is 0.0146. The summed E-state index contributed by atoms with van der Waals surface area (Å²) in [5, 5.41) is 19.7. The Balaban J connectivity index is 3.03. The van der Waals surface area contributed by atoms with E-state index < -0.39 is 12.2 Å².